The SMILES string of the molecule is O=C(NCCSCc1ccc(Cl)cc1Cl)c1ccc(Cl)cc1F. The molecular weight excluding hydrogens is 380 g/mol. The van der Waals surface area contributed by atoms with Crippen LogP contribution in [0.1, 0.15) is 15.9 Å². The molecule has 0 aliphatic heterocycles. The summed E-state index contributed by atoms with van der Waals surface area (Å²) in [5, 5.41) is 4.15. The quantitative estimate of drug-likeness (QED) is 0.662. The van der Waals surface area contributed by atoms with Gasteiger partial charge in [-0.2, -0.15) is 11.8 Å². The van der Waals surface area contributed by atoms with Crippen molar-refractivity contribution in [3.05, 3.63) is 68.4 Å². The third kappa shape index (κ3) is 5.57. The lowest BCUT2D eigenvalue weighted by atomic mass is 10.2. The largest absolute Gasteiger partial charge is 0.351 e. The van der Waals surface area contributed by atoms with Gasteiger partial charge in [0.15, 0.2) is 0 Å². The van der Waals surface area contributed by atoms with Crippen LogP contribution in [0.2, 0.25) is 15.1 Å². The summed E-state index contributed by atoms with van der Waals surface area (Å²) in [7, 11) is 0. The van der Waals surface area contributed by atoms with Crippen LogP contribution < -0.4 is 5.32 Å². The van der Waals surface area contributed by atoms with E-state index < -0.39 is 11.7 Å². The summed E-state index contributed by atoms with van der Waals surface area (Å²) in [5.41, 5.74) is 0.969. The molecule has 0 spiro atoms. The Hall–Kier alpha value is -0.940. The first-order valence-corrected chi connectivity index (χ1v) is 9.01. The highest BCUT2D eigenvalue weighted by Gasteiger charge is 2.11. The summed E-state index contributed by atoms with van der Waals surface area (Å²) in [5.74, 6) is 0.307. The van der Waals surface area contributed by atoms with Gasteiger partial charge in [0.2, 0.25) is 0 Å². The topological polar surface area (TPSA) is 29.1 Å². The summed E-state index contributed by atoms with van der Waals surface area (Å²) in [6.45, 7) is 0.427. The zero-order chi connectivity index (χ0) is 16.8. The molecule has 0 heterocycles. The average Bonchev–Trinajstić information content (AvgIpc) is 2.48. The maximum Gasteiger partial charge on any atom is 0.254 e. The minimum atomic E-state index is -0.629. The van der Waals surface area contributed by atoms with Crippen molar-refractivity contribution in [2.24, 2.45) is 0 Å². The molecule has 2 aromatic rings. The van der Waals surface area contributed by atoms with Crippen LogP contribution in [0.3, 0.4) is 0 Å². The molecule has 0 bridgehead atoms. The predicted molar refractivity (Wildman–Crippen MR) is 96.4 cm³/mol. The van der Waals surface area contributed by atoms with Crippen LogP contribution in [0.15, 0.2) is 36.4 Å². The van der Waals surface area contributed by atoms with Gasteiger partial charge in [0.05, 0.1) is 5.56 Å². The second-order valence-electron chi connectivity index (χ2n) is 4.67. The lowest BCUT2D eigenvalue weighted by Gasteiger charge is -2.07. The van der Waals surface area contributed by atoms with E-state index >= 15 is 0 Å². The standard InChI is InChI=1S/C16H13Cl3FNOS/c17-11-2-1-10(14(19)7-11)9-23-6-5-21-16(22)13-4-3-12(18)8-15(13)20/h1-4,7-8H,5-6,9H2,(H,21,22). The van der Waals surface area contributed by atoms with E-state index in [1.807, 2.05) is 6.07 Å². The zero-order valence-corrected chi connectivity index (χ0v) is 15.0. The molecule has 0 unspecified atom stereocenters. The smallest absolute Gasteiger partial charge is 0.254 e. The molecule has 0 aromatic heterocycles. The second-order valence-corrected chi connectivity index (χ2v) is 7.05. The zero-order valence-electron chi connectivity index (χ0n) is 11.9. The van der Waals surface area contributed by atoms with E-state index in [1.54, 1.807) is 23.9 Å². The lowest BCUT2D eigenvalue weighted by molar-refractivity contribution is 0.0952. The van der Waals surface area contributed by atoms with Crippen LogP contribution in [0.5, 0.6) is 0 Å². The first-order chi connectivity index (χ1) is 11.0. The summed E-state index contributed by atoms with van der Waals surface area (Å²) in [6, 6.07) is 9.33. The molecule has 1 amide bonds. The minimum Gasteiger partial charge on any atom is -0.351 e. The molecular formula is C16H13Cl3FNOS. The van der Waals surface area contributed by atoms with Crippen molar-refractivity contribution in [2.45, 2.75) is 5.75 Å². The minimum absolute atomic E-state index is 0.0138. The number of thioether (sulfide) groups is 1. The molecule has 0 radical (unpaired) electrons. The van der Waals surface area contributed by atoms with Gasteiger partial charge in [0.25, 0.3) is 5.91 Å². The van der Waals surface area contributed by atoms with E-state index in [2.05, 4.69) is 5.32 Å². The first kappa shape index (κ1) is 18.4. The molecule has 0 atom stereocenters. The van der Waals surface area contributed by atoms with Crippen molar-refractivity contribution in [1.29, 1.82) is 0 Å². The number of carbonyl (C=O) groups excluding carboxylic acids is 1. The van der Waals surface area contributed by atoms with E-state index in [0.29, 0.717) is 28.1 Å². The second kappa shape index (κ2) is 8.78. The van der Waals surface area contributed by atoms with E-state index in [-0.39, 0.29) is 10.6 Å². The number of benzene rings is 2. The van der Waals surface area contributed by atoms with Crippen molar-refractivity contribution in [3.8, 4) is 0 Å². The van der Waals surface area contributed by atoms with Crippen LogP contribution in [0, 0.1) is 5.82 Å². The number of rotatable bonds is 6. The maximum atomic E-state index is 13.6. The fourth-order valence-corrected chi connectivity index (χ4v) is 3.40. The highest BCUT2D eigenvalue weighted by atomic mass is 35.5. The predicted octanol–water partition coefficient (Wildman–Crippen LogP) is 5.45. The van der Waals surface area contributed by atoms with Gasteiger partial charge < -0.3 is 5.32 Å². The molecule has 23 heavy (non-hydrogen) atoms. The maximum absolute atomic E-state index is 13.6. The monoisotopic (exact) mass is 391 g/mol. The van der Waals surface area contributed by atoms with E-state index in [0.717, 1.165) is 11.6 Å². The van der Waals surface area contributed by atoms with Crippen LogP contribution in [0.4, 0.5) is 4.39 Å². The van der Waals surface area contributed by atoms with Gasteiger partial charge in [0, 0.05) is 33.1 Å². The highest BCUT2D eigenvalue weighted by Crippen LogP contribution is 2.24. The van der Waals surface area contributed by atoms with Crippen molar-refractivity contribution in [2.75, 3.05) is 12.3 Å². The fraction of sp³-hybridized carbons (Fsp3) is 0.188. The number of nitrogens with one attached hydrogen (secondary N) is 1. The normalized spacial score (nSPS) is 10.6. The van der Waals surface area contributed by atoms with Crippen molar-refractivity contribution >= 4 is 52.5 Å². The average molecular weight is 393 g/mol. The van der Waals surface area contributed by atoms with Crippen LogP contribution in [0.25, 0.3) is 0 Å². The third-order valence-electron chi connectivity index (χ3n) is 2.98. The number of amides is 1. The fourth-order valence-electron chi connectivity index (χ4n) is 1.83. The Morgan fingerprint density at radius 2 is 1.78 bits per heavy atom. The van der Waals surface area contributed by atoms with Crippen LogP contribution >= 0.6 is 46.6 Å². The molecule has 1 N–H and O–H groups in total. The molecule has 2 aromatic carbocycles. The van der Waals surface area contributed by atoms with Crippen LogP contribution in [-0.4, -0.2) is 18.2 Å². The van der Waals surface area contributed by atoms with Gasteiger partial charge >= 0.3 is 0 Å². The third-order valence-corrected chi connectivity index (χ3v) is 4.81. The molecule has 0 aliphatic carbocycles. The van der Waals surface area contributed by atoms with Gasteiger partial charge in [-0.15, -0.1) is 0 Å². The van der Waals surface area contributed by atoms with Gasteiger partial charge in [0.1, 0.15) is 5.82 Å². The summed E-state index contributed by atoms with van der Waals surface area (Å²) in [6.07, 6.45) is 0. The van der Waals surface area contributed by atoms with Gasteiger partial charge in [-0.25, -0.2) is 4.39 Å². The lowest BCUT2D eigenvalue weighted by Crippen LogP contribution is -2.26. The first-order valence-electron chi connectivity index (χ1n) is 6.72. The summed E-state index contributed by atoms with van der Waals surface area (Å²) in [4.78, 5) is 11.9. The Morgan fingerprint density at radius 3 is 2.48 bits per heavy atom. The Balaban J connectivity index is 1.76. The molecule has 2 rings (SSSR count). The van der Waals surface area contributed by atoms with Crippen molar-refractivity contribution < 1.29 is 9.18 Å². The Labute approximate surface area is 153 Å². The van der Waals surface area contributed by atoms with Crippen LogP contribution in [-0.2, 0) is 5.75 Å². The summed E-state index contributed by atoms with van der Waals surface area (Å²) >= 11 is 19.2. The number of halogens is 4. The molecule has 122 valence electrons. The van der Waals surface area contributed by atoms with E-state index in [9.17, 15) is 9.18 Å². The van der Waals surface area contributed by atoms with E-state index in [1.165, 1.54) is 12.1 Å². The molecule has 0 aliphatic rings. The number of hydrogen-bond acceptors (Lipinski definition) is 2. The Kier molecular flexibility index (Phi) is 7.03. The molecule has 7 heteroatoms. The molecule has 0 fully saturated rings. The highest BCUT2D eigenvalue weighted by molar-refractivity contribution is 7.98. The Bertz CT molecular complexity index is 712. The number of hydrogen-bond donors (Lipinski definition) is 1. The molecule has 0 saturated carbocycles. The molecule has 2 nitrogen and oxygen atoms in total. The Morgan fingerprint density at radius 1 is 1.09 bits per heavy atom. The number of carbonyl (C=O) groups is 1. The molecule has 0 saturated heterocycles. The summed E-state index contributed by atoms with van der Waals surface area (Å²) < 4.78 is 13.6. The van der Waals surface area contributed by atoms with E-state index in [4.69, 9.17) is 34.8 Å². The van der Waals surface area contributed by atoms with Gasteiger partial charge in [-0.3, -0.25) is 4.79 Å². The van der Waals surface area contributed by atoms with Crippen molar-refractivity contribution in [1.82, 2.24) is 5.32 Å². The van der Waals surface area contributed by atoms with Gasteiger partial charge in [-0.05, 0) is 35.9 Å². The van der Waals surface area contributed by atoms with Crippen molar-refractivity contribution in [3.63, 3.8) is 0 Å². The van der Waals surface area contributed by atoms with Gasteiger partial charge in [-0.1, -0.05) is 40.9 Å².